The molecule has 0 saturated heterocycles. The molecule has 38 heavy (non-hydrogen) atoms. The summed E-state index contributed by atoms with van der Waals surface area (Å²) in [4.78, 5) is 0. The third-order valence-corrected chi connectivity index (χ3v) is 6.06. The molecule has 0 N–H and O–H groups in total. The lowest BCUT2D eigenvalue weighted by atomic mass is 9.97. The molecule has 0 heterocycles. The van der Waals surface area contributed by atoms with Crippen LogP contribution in [0.2, 0.25) is 0 Å². The van der Waals surface area contributed by atoms with Crippen LogP contribution in [0.5, 0.6) is 0 Å². The van der Waals surface area contributed by atoms with Crippen LogP contribution in [0.25, 0.3) is 28.1 Å². The molecule has 0 aliphatic rings. The lowest BCUT2D eigenvalue weighted by molar-refractivity contribution is 0.448. The van der Waals surface area contributed by atoms with Crippen molar-refractivity contribution in [3.8, 4) is 22.3 Å². The van der Waals surface area contributed by atoms with Crippen LogP contribution in [0, 0.1) is 29.1 Å². The van der Waals surface area contributed by atoms with Gasteiger partial charge >= 0.3 is 0 Å². The summed E-state index contributed by atoms with van der Waals surface area (Å²) < 4.78 is 97.5. The van der Waals surface area contributed by atoms with E-state index in [1.165, 1.54) is 37.3 Å². The first-order valence-electron chi connectivity index (χ1n) is 11.7. The van der Waals surface area contributed by atoms with Gasteiger partial charge in [0.1, 0.15) is 11.6 Å². The molecule has 0 bridgehead atoms. The topological polar surface area (TPSA) is 0 Å². The first kappa shape index (κ1) is 26.9. The van der Waals surface area contributed by atoms with E-state index in [1.54, 1.807) is 30.3 Å². The van der Waals surface area contributed by atoms with Gasteiger partial charge in [-0.15, -0.1) is 0 Å². The van der Waals surface area contributed by atoms with E-state index in [0.717, 1.165) is 29.8 Å². The summed E-state index contributed by atoms with van der Waals surface area (Å²) in [7, 11) is 0. The summed E-state index contributed by atoms with van der Waals surface area (Å²) in [6.45, 7) is 1.52. The molecule has 0 unspecified atom stereocenters. The molecule has 0 atom stereocenters. The van der Waals surface area contributed by atoms with Gasteiger partial charge in [-0.25, -0.2) is 30.7 Å². The van der Waals surface area contributed by atoms with E-state index in [4.69, 9.17) is 0 Å². The molecule has 0 spiro atoms. The second kappa shape index (κ2) is 11.5. The number of halogens is 7. The maximum atomic E-state index is 14.8. The third-order valence-electron chi connectivity index (χ3n) is 6.06. The molecular formula is C31H21F7. The Morgan fingerprint density at radius 2 is 1.26 bits per heavy atom. The summed E-state index contributed by atoms with van der Waals surface area (Å²) in [6, 6.07) is 16.2. The Balaban J connectivity index is 1.47. The van der Waals surface area contributed by atoms with Gasteiger partial charge < -0.3 is 0 Å². The van der Waals surface area contributed by atoms with E-state index >= 15 is 0 Å². The van der Waals surface area contributed by atoms with Gasteiger partial charge in [0.2, 0.25) is 0 Å². The number of hydrogen-bond acceptors (Lipinski definition) is 0. The fourth-order valence-electron chi connectivity index (χ4n) is 4.03. The molecule has 4 aromatic rings. The van der Waals surface area contributed by atoms with Crippen molar-refractivity contribution in [2.75, 3.05) is 0 Å². The number of hydrogen-bond donors (Lipinski definition) is 0. The predicted molar refractivity (Wildman–Crippen MR) is 135 cm³/mol. The Hall–Kier alpha value is -4.13. The monoisotopic (exact) mass is 526 g/mol. The molecule has 0 amide bonds. The van der Waals surface area contributed by atoms with Crippen molar-refractivity contribution in [2.45, 2.75) is 19.8 Å². The fourth-order valence-corrected chi connectivity index (χ4v) is 4.03. The molecule has 0 aliphatic heterocycles. The number of benzene rings is 4. The molecule has 4 rings (SSSR count). The highest BCUT2D eigenvalue weighted by atomic mass is 19.2. The Kier molecular flexibility index (Phi) is 8.15. The predicted octanol–water partition coefficient (Wildman–Crippen LogP) is 9.68. The smallest absolute Gasteiger partial charge is 0.194 e. The van der Waals surface area contributed by atoms with Gasteiger partial charge in [0, 0.05) is 11.1 Å². The molecule has 0 saturated carbocycles. The van der Waals surface area contributed by atoms with Crippen molar-refractivity contribution in [1.29, 1.82) is 0 Å². The minimum atomic E-state index is -1.53. The highest BCUT2D eigenvalue weighted by Crippen LogP contribution is 2.30. The van der Waals surface area contributed by atoms with E-state index in [9.17, 15) is 30.7 Å². The number of allylic oxidation sites excluding steroid dienone is 3. The quantitative estimate of drug-likeness (QED) is 0.128. The summed E-state index contributed by atoms with van der Waals surface area (Å²) >= 11 is 0. The van der Waals surface area contributed by atoms with Gasteiger partial charge in [0.25, 0.3) is 0 Å². The van der Waals surface area contributed by atoms with Crippen molar-refractivity contribution < 1.29 is 30.7 Å². The normalized spacial score (nSPS) is 12.2. The average Bonchev–Trinajstić information content (AvgIpc) is 2.90. The van der Waals surface area contributed by atoms with Crippen LogP contribution in [-0.2, 0) is 12.8 Å². The van der Waals surface area contributed by atoms with Crippen LogP contribution < -0.4 is 0 Å². The molecule has 0 fully saturated rings. The van der Waals surface area contributed by atoms with E-state index in [2.05, 4.69) is 0 Å². The SMILES string of the molecule is CC=CC(F)=C(F)c1ccc(-c2ccc(CCc3ccc(-c4cc(F)c(F)c(F)c4)cc3)c(F)c2)c(F)c1. The van der Waals surface area contributed by atoms with E-state index in [-0.39, 0.29) is 22.3 Å². The lowest BCUT2D eigenvalue weighted by Crippen LogP contribution is -1.97. The Morgan fingerprint density at radius 1 is 0.632 bits per heavy atom. The lowest BCUT2D eigenvalue weighted by Gasteiger charge is -2.10. The van der Waals surface area contributed by atoms with Crippen LogP contribution in [0.1, 0.15) is 23.6 Å². The van der Waals surface area contributed by atoms with Crippen LogP contribution in [-0.4, -0.2) is 0 Å². The molecule has 0 nitrogen and oxygen atoms in total. The van der Waals surface area contributed by atoms with Crippen LogP contribution >= 0.6 is 0 Å². The molecule has 4 aromatic carbocycles. The van der Waals surface area contributed by atoms with E-state index in [1.807, 2.05) is 0 Å². The van der Waals surface area contributed by atoms with E-state index in [0.29, 0.717) is 24.0 Å². The zero-order valence-electron chi connectivity index (χ0n) is 20.1. The zero-order chi connectivity index (χ0) is 27.4. The van der Waals surface area contributed by atoms with Crippen molar-refractivity contribution >= 4 is 5.83 Å². The van der Waals surface area contributed by atoms with Crippen molar-refractivity contribution in [2.24, 2.45) is 0 Å². The van der Waals surface area contributed by atoms with Gasteiger partial charge in [-0.1, -0.05) is 54.6 Å². The average molecular weight is 526 g/mol. The van der Waals surface area contributed by atoms with Gasteiger partial charge in [-0.3, -0.25) is 0 Å². The summed E-state index contributed by atoms with van der Waals surface area (Å²) in [5.74, 6) is -7.77. The summed E-state index contributed by atoms with van der Waals surface area (Å²) in [6.07, 6.45) is 3.02. The standard InChI is InChI=1S/C31H21F7/c1-2-3-25(32)30(37)22-12-13-24(27(34)15-22)21-11-10-20(26(33)14-21)9-6-18-4-7-19(8-5-18)23-16-28(35)31(38)29(36)17-23/h2-5,7-8,10-17H,6,9H2,1H3. The van der Waals surface area contributed by atoms with E-state index < -0.39 is 40.7 Å². The molecule has 0 aromatic heterocycles. The Morgan fingerprint density at radius 3 is 1.87 bits per heavy atom. The molecule has 0 radical (unpaired) electrons. The Bertz CT molecular complexity index is 1510. The molecule has 7 heteroatoms. The minimum absolute atomic E-state index is 0.0442. The summed E-state index contributed by atoms with van der Waals surface area (Å²) in [5.41, 5.74) is 1.94. The van der Waals surface area contributed by atoms with Crippen LogP contribution in [0.15, 0.2) is 90.8 Å². The fraction of sp³-hybridized carbons (Fsp3) is 0.0968. The highest BCUT2D eigenvalue weighted by molar-refractivity contribution is 5.70. The maximum Gasteiger partial charge on any atom is 0.194 e. The van der Waals surface area contributed by atoms with Gasteiger partial charge in [-0.05, 0) is 77.9 Å². The second-order valence-electron chi connectivity index (χ2n) is 8.61. The highest BCUT2D eigenvalue weighted by Gasteiger charge is 2.14. The zero-order valence-corrected chi connectivity index (χ0v) is 20.1. The third kappa shape index (κ3) is 5.88. The summed E-state index contributed by atoms with van der Waals surface area (Å²) in [5, 5.41) is 0. The van der Waals surface area contributed by atoms with Crippen LogP contribution in [0.3, 0.4) is 0 Å². The van der Waals surface area contributed by atoms with Crippen molar-refractivity contribution in [1.82, 2.24) is 0 Å². The van der Waals surface area contributed by atoms with Gasteiger partial charge in [0.15, 0.2) is 29.1 Å². The first-order valence-corrected chi connectivity index (χ1v) is 11.7. The van der Waals surface area contributed by atoms with Crippen LogP contribution in [0.4, 0.5) is 30.7 Å². The van der Waals surface area contributed by atoms with Gasteiger partial charge in [0.05, 0.1) is 0 Å². The molecule has 0 aliphatic carbocycles. The van der Waals surface area contributed by atoms with Crippen molar-refractivity contribution in [3.63, 3.8) is 0 Å². The molecule has 194 valence electrons. The number of rotatable bonds is 7. The number of aryl methyl sites for hydroxylation is 2. The maximum absolute atomic E-state index is 14.8. The minimum Gasteiger partial charge on any atom is -0.207 e. The Labute approximate surface area is 215 Å². The second-order valence-corrected chi connectivity index (χ2v) is 8.61. The first-order chi connectivity index (χ1) is 18.2. The largest absolute Gasteiger partial charge is 0.207 e. The van der Waals surface area contributed by atoms with Crippen molar-refractivity contribution in [3.05, 3.63) is 137 Å². The molecular weight excluding hydrogens is 505 g/mol. The van der Waals surface area contributed by atoms with Gasteiger partial charge in [-0.2, -0.15) is 0 Å².